The maximum atomic E-state index is 13.0. The summed E-state index contributed by atoms with van der Waals surface area (Å²) < 4.78 is 41.6. The molecular weight excluding hydrogens is 359 g/mol. The lowest BCUT2D eigenvalue weighted by atomic mass is 10.0. The van der Waals surface area contributed by atoms with E-state index in [9.17, 15) is 22.8 Å². The third kappa shape index (κ3) is 4.00. The second-order valence-electron chi connectivity index (χ2n) is 7.08. The Morgan fingerprint density at radius 2 is 1.81 bits per heavy atom. The van der Waals surface area contributed by atoms with Crippen LogP contribution in [-0.4, -0.2) is 20.1 Å². The molecule has 8 heteroatoms. The average Bonchev–Trinajstić information content (AvgIpc) is 3.45. The highest BCUT2D eigenvalue weighted by Crippen LogP contribution is 2.37. The van der Waals surface area contributed by atoms with Crippen molar-refractivity contribution < 1.29 is 13.2 Å². The summed E-state index contributed by atoms with van der Waals surface area (Å²) in [6.07, 6.45) is -2.50. The van der Waals surface area contributed by atoms with Crippen LogP contribution in [0.4, 0.5) is 13.2 Å². The van der Waals surface area contributed by atoms with Crippen molar-refractivity contribution in [3.8, 4) is 0 Å². The minimum atomic E-state index is -4.39. The Hall–Kier alpha value is -2.35. The van der Waals surface area contributed by atoms with Crippen LogP contribution in [0, 0.1) is 0 Å². The Balaban J connectivity index is 1.94. The molecule has 27 heavy (non-hydrogen) atoms. The Labute approximate surface area is 154 Å². The number of rotatable bonds is 5. The van der Waals surface area contributed by atoms with Crippen LogP contribution in [0.15, 0.2) is 39.9 Å². The molecule has 1 atom stereocenters. The topological polar surface area (TPSA) is 47.2 Å². The van der Waals surface area contributed by atoms with Gasteiger partial charge in [0.15, 0.2) is 0 Å². The highest BCUT2D eigenvalue weighted by atomic mass is 19.4. The molecule has 1 aliphatic rings. The van der Waals surface area contributed by atoms with E-state index in [0.29, 0.717) is 17.8 Å². The number of nitrogens with zero attached hydrogens (tertiary/aromatic N) is 3. The zero-order valence-electron chi connectivity index (χ0n) is 15.5. The van der Waals surface area contributed by atoms with E-state index in [1.165, 1.54) is 29.8 Å². The zero-order valence-corrected chi connectivity index (χ0v) is 15.5. The maximum absolute atomic E-state index is 13.0. The molecule has 1 aliphatic carbocycles. The number of alkyl halides is 3. The highest BCUT2D eigenvalue weighted by Gasteiger charge is 2.35. The van der Waals surface area contributed by atoms with Crippen molar-refractivity contribution in [2.75, 3.05) is 0 Å². The van der Waals surface area contributed by atoms with Gasteiger partial charge in [0.1, 0.15) is 0 Å². The van der Waals surface area contributed by atoms with Crippen molar-refractivity contribution in [1.82, 2.24) is 14.0 Å². The molecular formula is C19H22F3N3O2. The minimum absolute atomic E-state index is 0.230. The molecule has 1 heterocycles. The van der Waals surface area contributed by atoms with Gasteiger partial charge in [-0.2, -0.15) is 13.2 Å². The van der Waals surface area contributed by atoms with Crippen LogP contribution in [0.5, 0.6) is 0 Å². The standard InChI is InChI=1S/C19H22F3N3O2/c1-12(13-5-4-6-14(9-13)19(20,21)22)25(15-7-8-15)11-16-10-17(26)24(3)18(27)23(16)2/h4-6,9-10,12,15H,7-8,11H2,1-3H3. The maximum Gasteiger partial charge on any atom is 0.416 e. The Bertz CT molecular complexity index is 958. The third-order valence-corrected chi connectivity index (χ3v) is 5.18. The summed E-state index contributed by atoms with van der Waals surface area (Å²) in [6, 6.07) is 6.68. The Morgan fingerprint density at radius 1 is 1.15 bits per heavy atom. The van der Waals surface area contributed by atoms with Gasteiger partial charge in [-0.1, -0.05) is 12.1 Å². The van der Waals surface area contributed by atoms with E-state index in [-0.39, 0.29) is 12.1 Å². The van der Waals surface area contributed by atoms with Crippen molar-refractivity contribution >= 4 is 0 Å². The van der Waals surface area contributed by atoms with E-state index in [2.05, 4.69) is 4.90 Å². The van der Waals surface area contributed by atoms with Gasteiger partial charge in [-0.15, -0.1) is 0 Å². The fourth-order valence-corrected chi connectivity index (χ4v) is 3.27. The van der Waals surface area contributed by atoms with Gasteiger partial charge in [0, 0.05) is 44.5 Å². The summed E-state index contributed by atoms with van der Waals surface area (Å²) in [6.45, 7) is 2.18. The largest absolute Gasteiger partial charge is 0.416 e. The molecule has 0 radical (unpaired) electrons. The Kier molecular flexibility index (Phi) is 5.03. The minimum Gasteiger partial charge on any atom is -0.299 e. The fraction of sp³-hybridized carbons (Fsp3) is 0.474. The van der Waals surface area contributed by atoms with Crippen molar-refractivity contribution in [2.45, 2.75) is 44.6 Å². The Morgan fingerprint density at radius 3 is 2.41 bits per heavy atom. The number of hydrogen-bond acceptors (Lipinski definition) is 3. The summed E-state index contributed by atoms with van der Waals surface area (Å²) in [4.78, 5) is 26.2. The van der Waals surface area contributed by atoms with Gasteiger partial charge in [-0.05, 0) is 37.5 Å². The summed E-state index contributed by atoms with van der Waals surface area (Å²) >= 11 is 0. The lowest BCUT2D eigenvalue weighted by Crippen LogP contribution is -2.40. The van der Waals surface area contributed by atoms with E-state index >= 15 is 0 Å². The summed E-state index contributed by atoms with van der Waals surface area (Å²) in [5, 5.41) is 0. The normalized spacial score (nSPS) is 16.0. The van der Waals surface area contributed by atoms with Gasteiger partial charge in [0.05, 0.1) is 5.56 Å². The fourth-order valence-electron chi connectivity index (χ4n) is 3.27. The zero-order chi connectivity index (χ0) is 19.9. The van der Waals surface area contributed by atoms with E-state index in [1.54, 1.807) is 13.1 Å². The molecule has 1 aromatic heterocycles. The molecule has 0 N–H and O–H groups in total. The smallest absolute Gasteiger partial charge is 0.299 e. The van der Waals surface area contributed by atoms with Gasteiger partial charge in [0.2, 0.25) is 0 Å². The van der Waals surface area contributed by atoms with Gasteiger partial charge in [0.25, 0.3) is 5.56 Å². The second kappa shape index (κ2) is 6.99. The lowest BCUT2D eigenvalue weighted by molar-refractivity contribution is -0.137. The third-order valence-electron chi connectivity index (χ3n) is 5.18. The monoisotopic (exact) mass is 381 g/mol. The van der Waals surface area contributed by atoms with Crippen LogP contribution in [-0.2, 0) is 26.8 Å². The average molecular weight is 381 g/mol. The summed E-state index contributed by atoms with van der Waals surface area (Å²) in [5.74, 6) is 0. The lowest BCUT2D eigenvalue weighted by Gasteiger charge is -2.30. The number of hydrogen-bond donors (Lipinski definition) is 0. The highest BCUT2D eigenvalue weighted by molar-refractivity contribution is 5.28. The number of aromatic nitrogens is 2. The van der Waals surface area contributed by atoms with Crippen molar-refractivity contribution in [3.63, 3.8) is 0 Å². The molecule has 0 amide bonds. The first kappa shape index (κ1) is 19.4. The summed E-state index contributed by atoms with van der Waals surface area (Å²) in [5.41, 5.74) is -0.376. The number of halogens is 3. The predicted molar refractivity (Wildman–Crippen MR) is 95.3 cm³/mol. The molecule has 0 spiro atoms. The second-order valence-corrected chi connectivity index (χ2v) is 7.08. The van der Waals surface area contributed by atoms with Gasteiger partial charge >= 0.3 is 11.9 Å². The molecule has 3 rings (SSSR count). The predicted octanol–water partition coefficient (Wildman–Crippen LogP) is 2.83. The first-order valence-electron chi connectivity index (χ1n) is 8.78. The van der Waals surface area contributed by atoms with E-state index < -0.39 is 23.0 Å². The molecule has 5 nitrogen and oxygen atoms in total. The first-order valence-corrected chi connectivity index (χ1v) is 8.78. The van der Waals surface area contributed by atoms with Gasteiger partial charge in [-0.25, -0.2) is 4.79 Å². The van der Waals surface area contributed by atoms with Gasteiger partial charge in [-0.3, -0.25) is 18.8 Å². The van der Waals surface area contributed by atoms with Crippen LogP contribution in [0.25, 0.3) is 0 Å². The van der Waals surface area contributed by atoms with Crippen LogP contribution in [0.2, 0.25) is 0 Å². The van der Waals surface area contributed by atoms with Crippen LogP contribution >= 0.6 is 0 Å². The molecule has 2 aromatic rings. The van der Waals surface area contributed by atoms with Crippen molar-refractivity contribution in [2.24, 2.45) is 14.1 Å². The van der Waals surface area contributed by atoms with Crippen LogP contribution < -0.4 is 11.2 Å². The van der Waals surface area contributed by atoms with E-state index in [0.717, 1.165) is 23.5 Å². The molecule has 0 bridgehead atoms. The van der Waals surface area contributed by atoms with Gasteiger partial charge < -0.3 is 0 Å². The van der Waals surface area contributed by atoms with E-state index in [1.807, 2.05) is 6.92 Å². The quantitative estimate of drug-likeness (QED) is 0.800. The number of benzene rings is 1. The molecule has 1 fully saturated rings. The van der Waals surface area contributed by atoms with Crippen LogP contribution in [0.3, 0.4) is 0 Å². The molecule has 0 saturated heterocycles. The van der Waals surface area contributed by atoms with E-state index in [4.69, 9.17) is 0 Å². The van der Waals surface area contributed by atoms with Crippen molar-refractivity contribution in [3.05, 3.63) is 68.0 Å². The van der Waals surface area contributed by atoms with Crippen LogP contribution in [0.1, 0.15) is 42.6 Å². The molecule has 1 aromatic carbocycles. The molecule has 1 unspecified atom stereocenters. The molecule has 0 aliphatic heterocycles. The molecule has 1 saturated carbocycles. The van der Waals surface area contributed by atoms with Crippen molar-refractivity contribution in [1.29, 1.82) is 0 Å². The first-order chi connectivity index (χ1) is 12.6. The molecule has 146 valence electrons. The summed E-state index contributed by atoms with van der Waals surface area (Å²) in [7, 11) is 3.01. The SMILES string of the molecule is CC(c1cccc(C(F)(F)F)c1)N(Cc1cc(=O)n(C)c(=O)n1C)C1CC1.